The van der Waals surface area contributed by atoms with E-state index in [0.29, 0.717) is 41.2 Å². The number of methoxy groups -OCH3 is 2. The van der Waals surface area contributed by atoms with Crippen molar-refractivity contribution in [3.05, 3.63) is 22.2 Å². The van der Waals surface area contributed by atoms with Gasteiger partial charge >= 0.3 is 6.09 Å². The third-order valence-electron chi connectivity index (χ3n) is 5.22. The van der Waals surface area contributed by atoms with E-state index in [0.717, 1.165) is 12.8 Å². The summed E-state index contributed by atoms with van der Waals surface area (Å²) >= 11 is 3.45. The summed E-state index contributed by atoms with van der Waals surface area (Å²) < 4.78 is 16.5. The van der Waals surface area contributed by atoms with E-state index >= 15 is 0 Å². The van der Waals surface area contributed by atoms with Gasteiger partial charge in [0.2, 0.25) is 0 Å². The number of rotatable bonds is 4. The molecule has 3 rings (SSSR count). The second-order valence-electron chi connectivity index (χ2n) is 7.45. The van der Waals surface area contributed by atoms with E-state index < -0.39 is 0 Å². The van der Waals surface area contributed by atoms with Crippen molar-refractivity contribution < 1.29 is 23.8 Å². The molecule has 27 heavy (non-hydrogen) atoms. The Labute approximate surface area is 167 Å². The van der Waals surface area contributed by atoms with Gasteiger partial charge in [0, 0.05) is 23.6 Å². The highest BCUT2D eigenvalue weighted by Gasteiger charge is 2.45. The average Bonchev–Trinajstić information content (AvgIpc) is 2.93. The molecule has 2 aliphatic heterocycles. The van der Waals surface area contributed by atoms with Gasteiger partial charge in [0.05, 0.1) is 25.3 Å². The van der Waals surface area contributed by atoms with Crippen molar-refractivity contribution >= 4 is 27.9 Å². The molecule has 2 saturated heterocycles. The summed E-state index contributed by atoms with van der Waals surface area (Å²) in [4.78, 5) is 28.7. The van der Waals surface area contributed by atoms with Gasteiger partial charge in [-0.1, -0.05) is 0 Å². The third kappa shape index (κ3) is 3.72. The number of cyclic esters (lactones) is 1. The number of nitrogens with zero attached hydrogens (tertiary/aromatic N) is 2. The van der Waals surface area contributed by atoms with Crippen LogP contribution in [0.5, 0.6) is 11.5 Å². The lowest BCUT2D eigenvalue weighted by molar-refractivity contribution is 0.0588. The highest BCUT2D eigenvalue weighted by molar-refractivity contribution is 9.10. The van der Waals surface area contributed by atoms with Crippen molar-refractivity contribution in [1.82, 2.24) is 9.80 Å². The molecule has 0 aromatic heterocycles. The fourth-order valence-electron chi connectivity index (χ4n) is 3.78. The molecule has 2 heterocycles. The number of carbonyl (C=O) groups excluding carboxylic acids is 2. The Kier molecular flexibility index (Phi) is 5.55. The van der Waals surface area contributed by atoms with E-state index in [-0.39, 0.29) is 23.6 Å². The van der Waals surface area contributed by atoms with Crippen LogP contribution in [0.2, 0.25) is 0 Å². The number of amides is 2. The molecule has 0 unspecified atom stereocenters. The average molecular weight is 441 g/mol. The van der Waals surface area contributed by atoms with Crippen molar-refractivity contribution in [2.24, 2.45) is 0 Å². The van der Waals surface area contributed by atoms with Crippen molar-refractivity contribution in [2.75, 3.05) is 33.9 Å². The quantitative estimate of drug-likeness (QED) is 0.718. The molecule has 7 nitrogen and oxygen atoms in total. The highest BCUT2D eigenvalue weighted by atomic mass is 79.9. The van der Waals surface area contributed by atoms with Crippen LogP contribution in [-0.2, 0) is 4.74 Å². The maximum atomic E-state index is 13.0. The molecule has 0 saturated carbocycles. The van der Waals surface area contributed by atoms with Crippen LogP contribution in [0, 0.1) is 0 Å². The fourth-order valence-corrected chi connectivity index (χ4v) is 4.28. The molecular weight excluding hydrogens is 416 g/mol. The van der Waals surface area contributed by atoms with Gasteiger partial charge in [0.1, 0.15) is 6.61 Å². The second-order valence-corrected chi connectivity index (χ2v) is 8.30. The summed E-state index contributed by atoms with van der Waals surface area (Å²) in [7, 11) is 3.10. The summed E-state index contributed by atoms with van der Waals surface area (Å²) in [6, 6.07) is 3.52. The van der Waals surface area contributed by atoms with E-state index in [4.69, 9.17) is 14.2 Å². The largest absolute Gasteiger partial charge is 0.493 e. The number of hydrogen-bond donors (Lipinski definition) is 0. The maximum Gasteiger partial charge on any atom is 0.410 e. The summed E-state index contributed by atoms with van der Waals surface area (Å²) in [6.45, 7) is 5.60. The van der Waals surface area contributed by atoms with Gasteiger partial charge in [0.15, 0.2) is 11.5 Å². The molecule has 2 aliphatic rings. The first kappa shape index (κ1) is 19.8. The molecular formula is C19H25BrN2O5. The maximum absolute atomic E-state index is 13.0. The zero-order valence-electron chi connectivity index (χ0n) is 16.1. The van der Waals surface area contributed by atoms with Gasteiger partial charge in [-0.25, -0.2) is 4.79 Å². The Hall–Kier alpha value is -1.96. The lowest BCUT2D eigenvalue weighted by Crippen LogP contribution is -2.53. The second kappa shape index (κ2) is 7.58. The molecule has 2 fully saturated rings. The molecule has 1 aromatic rings. The first-order valence-electron chi connectivity index (χ1n) is 8.95. The van der Waals surface area contributed by atoms with E-state index in [9.17, 15) is 9.59 Å². The Morgan fingerprint density at radius 1 is 1.19 bits per heavy atom. The third-order valence-corrected chi connectivity index (χ3v) is 5.87. The molecule has 0 N–H and O–H groups in total. The van der Waals surface area contributed by atoms with Crippen molar-refractivity contribution in [3.63, 3.8) is 0 Å². The smallest absolute Gasteiger partial charge is 0.410 e. The van der Waals surface area contributed by atoms with Gasteiger partial charge < -0.3 is 19.1 Å². The zero-order valence-corrected chi connectivity index (χ0v) is 17.7. The summed E-state index contributed by atoms with van der Waals surface area (Å²) in [5.41, 5.74) is 0.229. The Morgan fingerprint density at radius 2 is 1.78 bits per heavy atom. The number of benzene rings is 1. The fraction of sp³-hybridized carbons (Fsp3) is 0.579. The number of piperidine rings is 1. The summed E-state index contributed by atoms with van der Waals surface area (Å²) in [5.74, 6) is 1.01. The lowest BCUT2D eigenvalue weighted by atomic mass is 9.96. The first-order chi connectivity index (χ1) is 12.8. The lowest BCUT2D eigenvalue weighted by Gasteiger charge is -2.40. The molecule has 0 aliphatic carbocycles. The van der Waals surface area contributed by atoms with Crippen LogP contribution < -0.4 is 9.47 Å². The highest BCUT2D eigenvalue weighted by Crippen LogP contribution is 2.35. The zero-order chi connectivity index (χ0) is 19.8. The van der Waals surface area contributed by atoms with Crippen LogP contribution in [0.4, 0.5) is 4.79 Å². The van der Waals surface area contributed by atoms with Crippen molar-refractivity contribution in [1.29, 1.82) is 0 Å². The topological polar surface area (TPSA) is 68.3 Å². The van der Waals surface area contributed by atoms with Gasteiger partial charge in [-0.2, -0.15) is 0 Å². The SMILES string of the molecule is COc1cc(Br)c(C(=O)N2CCC(N3C(=O)OCC3(C)C)CC2)cc1OC. The number of hydrogen-bond acceptors (Lipinski definition) is 5. The van der Waals surface area contributed by atoms with Crippen molar-refractivity contribution in [2.45, 2.75) is 38.3 Å². The van der Waals surface area contributed by atoms with Crippen LogP contribution in [0.25, 0.3) is 0 Å². The molecule has 148 valence electrons. The minimum atomic E-state index is -0.305. The van der Waals surface area contributed by atoms with Crippen LogP contribution in [-0.4, -0.2) is 67.3 Å². The first-order valence-corrected chi connectivity index (χ1v) is 9.74. The number of carbonyl (C=O) groups is 2. The molecule has 0 bridgehead atoms. The van der Waals surface area contributed by atoms with Gasteiger partial charge in [0.25, 0.3) is 5.91 Å². The van der Waals surface area contributed by atoms with Gasteiger partial charge in [-0.15, -0.1) is 0 Å². The molecule has 0 atom stereocenters. The van der Waals surface area contributed by atoms with E-state index in [1.807, 2.05) is 23.6 Å². The minimum absolute atomic E-state index is 0.0652. The minimum Gasteiger partial charge on any atom is -0.493 e. The normalized spacial score (nSPS) is 19.8. The van der Waals surface area contributed by atoms with Crippen LogP contribution in [0.3, 0.4) is 0 Å². The number of ether oxygens (including phenoxy) is 3. The van der Waals surface area contributed by atoms with E-state index in [1.165, 1.54) is 0 Å². The van der Waals surface area contributed by atoms with Crippen molar-refractivity contribution in [3.8, 4) is 11.5 Å². The Bertz CT molecular complexity index is 744. The molecule has 2 amide bonds. The molecule has 0 spiro atoms. The molecule has 8 heteroatoms. The summed E-state index contributed by atoms with van der Waals surface area (Å²) in [6.07, 6.45) is 1.21. The molecule has 0 radical (unpaired) electrons. The predicted octanol–water partition coefficient (Wildman–Crippen LogP) is 3.30. The predicted molar refractivity (Wildman–Crippen MR) is 103 cm³/mol. The summed E-state index contributed by atoms with van der Waals surface area (Å²) in [5, 5.41) is 0. The van der Waals surface area contributed by atoms with Gasteiger partial charge in [-0.3, -0.25) is 9.69 Å². The molecule has 1 aromatic carbocycles. The Morgan fingerprint density at radius 3 is 2.30 bits per heavy atom. The number of halogens is 1. The monoisotopic (exact) mass is 440 g/mol. The standard InChI is InChI=1S/C19H25BrN2O5/c1-19(2)11-27-18(24)22(19)12-5-7-21(8-6-12)17(23)13-9-15(25-3)16(26-4)10-14(13)20/h9-10,12H,5-8,11H2,1-4H3. The van der Waals surface area contributed by atoms with Crippen LogP contribution in [0.1, 0.15) is 37.0 Å². The Balaban J connectivity index is 1.71. The number of likely N-dealkylation sites (tertiary alicyclic amines) is 1. The van der Waals surface area contributed by atoms with Gasteiger partial charge in [-0.05, 0) is 54.8 Å². The van der Waals surface area contributed by atoms with E-state index in [2.05, 4.69) is 15.9 Å². The van der Waals surface area contributed by atoms with E-state index in [1.54, 1.807) is 26.4 Å². The van der Waals surface area contributed by atoms with Crippen LogP contribution in [0.15, 0.2) is 16.6 Å². The van der Waals surface area contributed by atoms with Crippen LogP contribution >= 0.6 is 15.9 Å².